The molecule has 2 amide bonds. The normalized spacial score (nSPS) is 16.7. The number of ether oxygens (including phenoxy) is 1. The average molecular weight is 532 g/mol. The number of hydrogen-bond acceptors (Lipinski definition) is 7. The largest absolute Gasteiger partial charge is 0.450 e. The maximum Gasteiger partial charge on any atom is 0.410 e. The van der Waals surface area contributed by atoms with E-state index in [1.54, 1.807) is 9.42 Å². The molecular weight excluding hydrogens is 494 g/mol. The molecule has 0 spiro atoms. The summed E-state index contributed by atoms with van der Waals surface area (Å²) in [5, 5.41) is 7.88. The molecule has 2 aliphatic rings. The summed E-state index contributed by atoms with van der Waals surface area (Å²) in [6.45, 7) is 8.09. The average Bonchev–Trinajstić information content (AvgIpc) is 3.37. The Morgan fingerprint density at radius 1 is 1.10 bits per heavy atom. The zero-order valence-corrected chi connectivity index (χ0v) is 23.0. The Morgan fingerprint density at radius 2 is 1.87 bits per heavy atom. The molecule has 10 nitrogen and oxygen atoms in total. The Bertz CT molecular complexity index is 1340. The van der Waals surface area contributed by atoms with Crippen LogP contribution >= 0.6 is 0 Å². The number of anilines is 2. The molecule has 10 heteroatoms. The summed E-state index contributed by atoms with van der Waals surface area (Å²) in [4.78, 5) is 36.1. The van der Waals surface area contributed by atoms with Gasteiger partial charge in [0.15, 0.2) is 5.65 Å². The van der Waals surface area contributed by atoms with Crippen LogP contribution in [0.1, 0.15) is 49.0 Å². The van der Waals surface area contributed by atoms with Crippen LogP contribution in [0.15, 0.2) is 48.7 Å². The molecule has 1 saturated heterocycles. The van der Waals surface area contributed by atoms with Gasteiger partial charge in [0.25, 0.3) is 5.91 Å². The number of nitrogens with one attached hydrogen (secondary N) is 1. The van der Waals surface area contributed by atoms with Crippen LogP contribution in [0.4, 0.5) is 16.4 Å². The molecule has 0 unspecified atom stereocenters. The van der Waals surface area contributed by atoms with E-state index in [4.69, 9.17) is 9.72 Å². The number of pyridine rings is 1. The second-order valence-corrected chi connectivity index (χ2v) is 10.1. The molecule has 2 aromatic heterocycles. The number of likely N-dealkylation sites (tertiary alicyclic amines) is 1. The zero-order valence-electron chi connectivity index (χ0n) is 23.0. The fourth-order valence-corrected chi connectivity index (χ4v) is 5.37. The third-order valence-corrected chi connectivity index (χ3v) is 7.56. The van der Waals surface area contributed by atoms with E-state index in [0.717, 1.165) is 54.8 Å². The highest BCUT2D eigenvalue weighted by Gasteiger charge is 2.26. The number of hydrogen-bond donors (Lipinski definition) is 1. The Labute approximate surface area is 229 Å². The van der Waals surface area contributed by atoms with Gasteiger partial charge in [-0.15, -0.1) is 5.10 Å². The molecule has 0 atom stereocenters. The van der Waals surface area contributed by atoms with Crippen LogP contribution in [-0.4, -0.2) is 93.7 Å². The Balaban J connectivity index is 1.27. The molecule has 1 fully saturated rings. The Hall–Kier alpha value is -3.92. The van der Waals surface area contributed by atoms with E-state index in [-0.39, 0.29) is 12.0 Å². The van der Waals surface area contributed by atoms with Crippen LogP contribution in [-0.2, 0) is 4.74 Å². The summed E-state index contributed by atoms with van der Waals surface area (Å²) in [6.07, 6.45) is 6.39. The van der Waals surface area contributed by atoms with Crippen molar-refractivity contribution in [3.05, 3.63) is 59.8 Å². The number of nitrogens with zero attached hydrogens (tertiary/aromatic N) is 6. The van der Waals surface area contributed by atoms with Crippen molar-refractivity contribution in [2.24, 2.45) is 0 Å². The van der Waals surface area contributed by atoms with Crippen molar-refractivity contribution in [2.45, 2.75) is 39.2 Å². The number of amides is 2. The number of carbonyl (C=O) groups is 2. The minimum absolute atomic E-state index is 0.0800. The zero-order chi connectivity index (χ0) is 27.4. The summed E-state index contributed by atoms with van der Waals surface area (Å²) in [7, 11) is 2.13. The van der Waals surface area contributed by atoms with Gasteiger partial charge in [-0.1, -0.05) is 6.08 Å². The number of rotatable bonds is 7. The summed E-state index contributed by atoms with van der Waals surface area (Å²) >= 11 is 0. The third-order valence-electron chi connectivity index (χ3n) is 7.56. The molecule has 1 N–H and O–H groups in total. The van der Waals surface area contributed by atoms with Crippen LogP contribution in [0.5, 0.6) is 0 Å². The van der Waals surface area contributed by atoms with E-state index < -0.39 is 0 Å². The summed E-state index contributed by atoms with van der Waals surface area (Å²) < 4.78 is 6.88. The third kappa shape index (κ3) is 5.90. The molecule has 5 rings (SSSR count). The van der Waals surface area contributed by atoms with Crippen LogP contribution in [0, 0.1) is 0 Å². The lowest BCUT2D eigenvalue weighted by Gasteiger charge is -2.36. The predicted molar refractivity (Wildman–Crippen MR) is 151 cm³/mol. The highest BCUT2D eigenvalue weighted by Crippen LogP contribution is 2.27. The smallest absolute Gasteiger partial charge is 0.410 e. The molecule has 0 saturated carbocycles. The molecule has 2 aliphatic heterocycles. The second kappa shape index (κ2) is 11.9. The van der Waals surface area contributed by atoms with E-state index >= 15 is 0 Å². The summed E-state index contributed by atoms with van der Waals surface area (Å²) in [5.74, 6) is 0.559. The SMILES string of the molecule is CCOC(=O)N1CC=C(c2cccn3nc(Nc4ccc(C(=O)N(CC)C5CCN(C)CC5)cc4)nc23)CC1. The minimum atomic E-state index is -0.281. The van der Waals surface area contributed by atoms with Crippen molar-refractivity contribution in [1.29, 1.82) is 0 Å². The van der Waals surface area contributed by atoms with E-state index in [1.165, 1.54) is 0 Å². The van der Waals surface area contributed by atoms with Crippen molar-refractivity contribution >= 4 is 34.9 Å². The standard InChI is InChI=1S/C29H37N7O3/c1-4-35(24-14-17-33(3)18-15-24)27(37)22-8-10-23(11-9-22)30-28-31-26-25(7-6-16-36(26)32-28)21-12-19-34(20-13-21)29(38)39-5-2/h6-12,16,24H,4-5,13-15,17-20H2,1-3H3,(H,30,32). The van der Waals surface area contributed by atoms with Crippen molar-refractivity contribution in [2.75, 3.05) is 51.7 Å². The van der Waals surface area contributed by atoms with Gasteiger partial charge in [-0.05, 0) is 95.2 Å². The quantitative estimate of drug-likeness (QED) is 0.486. The number of fused-ring (bicyclic) bond motifs is 1. The number of aromatic nitrogens is 3. The molecule has 206 valence electrons. The number of benzene rings is 1. The van der Waals surface area contributed by atoms with Gasteiger partial charge in [-0.2, -0.15) is 4.98 Å². The molecule has 0 bridgehead atoms. The fourth-order valence-electron chi connectivity index (χ4n) is 5.37. The van der Waals surface area contributed by atoms with Gasteiger partial charge >= 0.3 is 6.09 Å². The van der Waals surface area contributed by atoms with Crippen molar-refractivity contribution < 1.29 is 14.3 Å². The minimum Gasteiger partial charge on any atom is -0.450 e. The van der Waals surface area contributed by atoms with Gasteiger partial charge in [0.05, 0.1) is 6.61 Å². The van der Waals surface area contributed by atoms with Crippen molar-refractivity contribution in [1.82, 2.24) is 29.3 Å². The lowest BCUT2D eigenvalue weighted by atomic mass is 10.0. The molecule has 4 heterocycles. The van der Waals surface area contributed by atoms with Gasteiger partial charge in [-0.25, -0.2) is 9.31 Å². The van der Waals surface area contributed by atoms with Crippen LogP contribution < -0.4 is 5.32 Å². The molecule has 0 aliphatic carbocycles. The monoisotopic (exact) mass is 531 g/mol. The molecular formula is C29H37N7O3. The summed E-state index contributed by atoms with van der Waals surface area (Å²) in [5.41, 5.74) is 4.38. The maximum absolute atomic E-state index is 13.3. The highest BCUT2D eigenvalue weighted by atomic mass is 16.6. The van der Waals surface area contributed by atoms with Crippen molar-refractivity contribution in [3.63, 3.8) is 0 Å². The highest BCUT2D eigenvalue weighted by molar-refractivity contribution is 5.95. The first-order chi connectivity index (χ1) is 19.0. The van der Waals surface area contributed by atoms with Gasteiger partial charge in [0.2, 0.25) is 5.95 Å². The molecule has 3 aromatic rings. The lowest BCUT2D eigenvalue weighted by molar-refractivity contribution is 0.0606. The number of piperidine rings is 1. The van der Waals surface area contributed by atoms with Crippen LogP contribution in [0.25, 0.3) is 11.2 Å². The topological polar surface area (TPSA) is 95.3 Å². The first-order valence-corrected chi connectivity index (χ1v) is 13.8. The van der Waals surface area contributed by atoms with Gasteiger partial charge < -0.3 is 24.8 Å². The van der Waals surface area contributed by atoms with Crippen LogP contribution in [0.2, 0.25) is 0 Å². The van der Waals surface area contributed by atoms with E-state index in [1.807, 2.05) is 54.4 Å². The fraction of sp³-hybridized carbons (Fsp3) is 0.448. The van der Waals surface area contributed by atoms with Gasteiger partial charge in [0.1, 0.15) is 0 Å². The second-order valence-electron chi connectivity index (χ2n) is 10.1. The summed E-state index contributed by atoms with van der Waals surface area (Å²) in [6, 6.07) is 11.8. The Morgan fingerprint density at radius 3 is 2.54 bits per heavy atom. The molecule has 0 radical (unpaired) electrons. The van der Waals surface area contributed by atoms with Gasteiger partial charge in [0, 0.05) is 48.7 Å². The first-order valence-electron chi connectivity index (χ1n) is 13.8. The maximum atomic E-state index is 13.3. The molecule has 1 aromatic carbocycles. The van der Waals surface area contributed by atoms with E-state index in [2.05, 4.69) is 35.4 Å². The van der Waals surface area contributed by atoms with Crippen LogP contribution in [0.3, 0.4) is 0 Å². The van der Waals surface area contributed by atoms with E-state index in [9.17, 15) is 9.59 Å². The first kappa shape index (κ1) is 26.7. The lowest BCUT2D eigenvalue weighted by Crippen LogP contribution is -2.46. The Kier molecular flexibility index (Phi) is 8.11. The predicted octanol–water partition coefficient (Wildman–Crippen LogP) is 4.27. The van der Waals surface area contributed by atoms with Gasteiger partial charge in [-0.3, -0.25) is 4.79 Å². The molecule has 39 heavy (non-hydrogen) atoms. The van der Waals surface area contributed by atoms with Crippen molar-refractivity contribution in [3.8, 4) is 0 Å². The van der Waals surface area contributed by atoms with E-state index in [0.29, 0.717) is 43.8 Å². The number of carbonyl (C=O) groups excluding carboxylic acids is 2.